The highest BCUT2D eigenvalue weighted by atomic mass is 16.7. The molecule has 3 fully saturated rings. The van der Waals surface area contributed by atoms with Gasteiger partial charge in [0, 0.05) is 6.42 Å². The van der Waals surface area contributed by atoms with E-state index in [9.17, 15) is 20.1 Å². The largest absolute Gasteiger partial charge is 0.508 e. The van der Waals surface area contributed by atoms with E-state index in [0.717, 1.165) is 49.7 Å². The Hall–Kier alpha value is -1.89. The molecule has 0 aromatic heterocycles. The van der Waals surface area contributed by atoms with Gasteiger partial charge in [-0.2, -0.15) is 0 Å². The summed E-state index contributed by atoms with van der Waals surface area (Å²) in [5.41, 5.74) is 2.01. The van der Waals surface area contributed by atoms with Crippen LogP contribution in [0, 0.1) is 22.7 Å². The number of ether oxygens (including phenoxy) is 2. The maximum absolute atomic E-state index is 12.1. The maximum atomic E-state index is 12.1. The fraction of sp³-hybridized carbons (Fsp3) is 0.727. The van der Waals surface area contributed by atoms with Crippen molar-refractivity contribution in [1.82, 2.24) is 0 Å². The Labute approximate surface area is 235 Å². The zero-order valence-electron chi connectivity index (χ0n) is 25.0. The summed E-state index contributed by atoms with van der Waals surface area (Å²) in [5, 5.41) is 31.3. The molecule has 3 rings (SSSR count). The van der Waals surface area contributed by atoms with Gasteiger partial charge in [0.1, 0.15) is 11.7 Å². The highest BCUT2D eigenvalue weighted by molar-refractivity contribution is 5.60. The second kappa shape index (κ2) is 12.7. The lowest BCUT2D eigenvalue weighted by Gasteiger charge is -2.47. The predicted octanol–water partition coefficient (Wildman–Crippen LogP) is 6.80. The summed E-state index contributed by atoms with van der Waals surface area (Å²) in [5.74, 6) is 0.918. The topological polar surface area (TPSA) is 96.2 Å². The summed E-state index contributed by atoms with van der Waals surface area (Å²) < 4.78 is 10.6. The standard InChI is InChI=1S/C33H52O6/c1-8-9-19-38-30(37)39-32(5,6)29(36)16-18-31(3,4)28-15-14-26-23(11-10-17-33(26,28)7)12-13-24-20-25(34)21-27(35)22(24)2/h12-13,16,18,25-29,34-36H,2,8-11,14-15,17,19-21H2,1,3-7H3/b18-16+,23-12+,24-13-/t25-,26+,27+,28-,29+,33+/m1/s1. The number of carbonyl (C=O) groups excluding carboxylic acids is 1. The number of allylic oxidation sites excluding steroid dienone is 4. The molecule has 3 aliphatic carbocycles. The quantitative estimate of drug-likeness (QED) is 0.168. The minimum atomic E-state index is -1.10. The first-order valence-electron chi connectivity index (χ1n) is 14.9. The molecule has 3 aliphatic rings. The van der Waals surface area contributed by atoms with Crippen LogP contribution in [-0.2, 0) is 9.47 Å². The van der Waals surface area contributed by atoms with Gasteiger partial charge in [0.25, 0.3) is 0 Å². The first kappa shape index (κ1) is 31.6. The van der Waals surface area contributed by atoms with Crippen LogP contribution in [0.15, 0.2) is 47.6 Å². The smallest absolute Gasteiger partial charge is 0.434 e. The van der Waals surface area contributed by atoms with Gasteiger partial charge in [-0.25, -0.2) is 4.79 Å². The van der Waals surface area contributed by atoms with Crippen molar-refractivity contribution >= 4 is 6.16 Å². The lowest BCUT2D eigenvalue weighted by atomic mass is 9.57. The van der Waals surface area contributed by atoms with E-state index in [-0.39, 0.29) is 10.8 Å². The van der Waals surface area contributed by atoms with Gasteiger partial charge in [-0.1, -0.05) is 70.6 Å². The summed E-state index contributed by atoms with van der Waals surface area (Å²) in [7, 11) is 0. The minimum absolute atomic E-state index is 0.138. The second-order valence-corrected chi connectivity index (χ2v) is 13.4. The third kappa shape index (κ3) is 7.45. The van der Waals surface area contributed by atoms with Crippen molar-refractivity contribution in [3.8, 4) is 0 Å². The van der Waals surface area contributed by atoms with Crippen LogP contribution in [0.4, 0.5) is 4.79 Å². The van der Waals surface area contributed by atoms with Crippen molar-refractivity contribution in [2.24, 2.45) is 22.7 Å². The Morgan fingerprint density at radius 3 is 2.62 bits per heavy atom. The highest BCUT2D eigenvalue weighted by Gasteiger charge is 2.53. The van der Waals surface area contributed by atoms with Gasteiger partial charge in [0.05, 0.1) is 18.8 Å². The second-order valence-electron chi connectivity index (χ2n) is 13.4. The normalized spacial score (nSPS) is 33.0. The van der Waals surface area contributed by atoms with Gasteiger partial charge in [-0.05, 0) is 92.6 Å². The zero-order chi connectivity index (χ0) is 29.0. The molecular weight excluding hydrogens is 492 g/mol. The molecule has 0 heterocycles. The molecule has 0 aromatic carbocycles. The van der Waals surface area contributed by atoms with Crippen LogP contribution < -0.4 is 0 Å². The average molecular weight is 545 g/mol. The van der Waals surface area contributed by atoms with Gasteiger partial charge in [-0.3, -0.25) is 0 Å². The van der Waals surface area contributed by atoms with E-state index in [1.54, 1.807) is 19.9 Å². The fourth-order valence-electron chi connectivity index (χ4n) is 7.22. The van der Waals surface area contributed by atoms with Gasteiger partial charge in [0.2, 0.25) is 0 Å². The van der Waals surface area contributed by atoms with Gasteiger partial charge in [-0.15, -0.1) is 0 Å². The number of carbonyl (C=O) groups is 1. The molecule has 0 bridgehead atoms. The summed E-state index contributed by atoms with van der Waals surface area (Å²) in [6.45, 7) is 16.7. The first-order valence-corrected chi connectivity index (χ1v) is 14.9. The molecule has 3 saturated carbocycles. The number of hydrogen-bond donors (Lipinski definition) is 3. The van der Waals surface area contributed by atoms with Crippen LogP contribution in [0.1, 0.15) is 99.3 Å². The molecule has 0 unspecified atom stereocenters. The molecule has 0 aromatic rings. The van der Waals surface area contributed by atoms with E-state index in [0.29, 0.717) is 31.3 Å². The molecule has 0 radical (unpaired) electrons. The molecule has 6 nitrogen and oxygen atoms in total. The Morgan fingerprint density at radius 2 is 1.92 bits per heavy atom. The highest BCUT2D eigenvalue weighted by Crippen LogP contribution is 2.62. The van der Waals surface area contributed by atoms with Gasteiger partial charge < -0.3 is 24.8 Å². The number of hydrogen-bond acceptors (Lipinski definition) is 6. The van der Waals surface area contributed by atoms with Crippen molar-refractivity contribution in [1.29, 1.82) is 0 Å². The van der Waals surface area contributed by atoms with E-state index in [4.69, 9.17) is 9.47 Å². The van der Waals surface area contributed by atoms with Crippen LogP contribution >= 0.6 is 0 Å². The lowest BCUT2D eigenvalue weighted by Crippen LogP contribution is -2.41. The maximum Gasteiger partial charge on any atom is 0.508 e. The van der Waals surface area contributed by atoms with Crippen molar-refractivity contribution in [2.75, 3.05) is 6.61 Å². The van der Waals surface area contributed by atoms with Crippen LogP contribution in [0.3, 0.4) is 0 Å². The van der Waals surface area contributed by atoms with Crippen molar-refractivity contribution < 1.29 is 29.6 Å². The summed E-state index contributed by atoms with van der Waals surface area (Å²) >= 11 is 0. The minimum Gasteiger partial charge on any atom is -0.434 e. The Bertz CT molecular complexity index is 973. The fourth-order valence-corrected chi connectivity index (χ4v) is 7.22. The summed E-state index contributed by atoms with van der Waals surface area (Å²) in [6.07, 6.45) is 13.5. The first-order chi connectivity index (χ1) is 18.2. The number of aliphatic hydroxyl groups is 3. The predicted molar refractivity (Wildman–Crippen MR) is 155 cm³/mol. The van der Waals surface area contributed by atoms with Crippen molar-refractivity contribution in [3.63, 3.8) is 0 Å². The average Bonchev–Trinajstić information content (AvgIpc) is 3.22. The summed E-state index contributed by atoms with van der Waals surface area (Å²) in [6, 6.07) is 0. The van der Waals surface area contributed by atoms with Crippen LogP contribution in [-0.4, -0.2) is 52.0 Å². The van der Waals surface area contributed by atoms with E-state index in [1.165, 1.54) is 12.0 Å². The molecule has 3 N–H and O–H groups in total. The van der Waals surface area contributed by atoms with Crippen molar-refractivity contribution in [3.05, 3.63) is 47.6 Å². The molecule has 0 spiro atoms. The third-order valence-corrected chi connectivity index (χ3v) is 9.61. The van der Waals surface area contributed by atoms with Crippen molar-refractivity contribution in [2.45, 2.75) is 123 Å². The molecular formula is C33H52O6. The number of aliphatic hydroxyl groups excluding tert-OH is 3. The van der Waals surface area contributed by atoms with Gasteiger partial charge >= 0.3 is 6.16 Å². The van der Waals surface area contributed by atoms with Crippen LogP contribution in [0.5, 0.6) is 0 Å². The molecule has 220 valence electrons. The SMILES string of the molecule is C=C1/C(=C\C=C2/CCC[C@]3(C)[C@@H](C(C)(C)/C=C/[C@H](O)C(C)(C)OC(=O)OCCCC)CC[C@@H]23)C[C@@H](O)C[C@@H]1O. The number of unbranched alkanes of at least 4 members (excludes halogenated alkanes) is 1. The van der Waals surface area contributed by atoms with E-state index >= 15 is 0 Å². The third-order valence-electron chi connectivity index (χ3n) is 9.61. The lowest BCUT2D eigenvalue weighted by molar-refractivity contribution is -0.0672. The molecule has 0 saturated heterocycles. The molecule has 0 aliphatic heterocycles. The van der Waals surface area contributed by atoms with E-state index < -0.39 is 30.1 Å². The number of rotatable bonds is 9. The van der Waals surface area contributed by atoms with Gasteiger partial charge in [0.15, 0.2) is 0 Å². The molecule has 39 heavy (non-hydrogen) atoms. The van der Waals surface area contributed by atoms with Crippen LogP contribution in [0.2, 0.25) is 0 Å². The number of fused-ring (bicyclic) bond motifs is 1. The van der Waals surface area contributed by atoms with E-state index in [1.807, 2.05) is 6.92 Å². The summed E-state index contributed by atoms with van der Waals surface area (Å²) in [4.78, 5) is 12.1. The molecule has 6 heteroatoms. The Kier molecular flexibility index (Phi) is 10.3. The monoisotopic (exact) mass is 544 g/mol. The van der Waals surface area contributed by atoms with Crippen LogP contribution in [0.25, 0.3) is 0 Å². The zero-order valence-corrected chi connectivity index (χ0v) is 25.0. The Morgan fingerprint density at radius 1 is 1.21 bits per heavy atom. The molecule has 6 atom stereocenters. The Balaban J connectivity index is 1.71. The molecule has 0 amide bonds. The van der Waals surface area contributed by atoms with E-state index in [2.05, 4.69) is 45.6 Å².